The average Bonchev–Trinajstić information content (AvgIpc) is 3.68. The van der Waals surface area contributed by atoms with Crippen molar-refractivity contribution >= 4 is 85.1 Å². The first-order chi connectivity index (χ1) is 26.5. The van der Waals surface area contributed by atoms with E-state index in [-0.39, 0.29) is 47.4 Å². The number of imidazole rings is 1. The molecule has 29 heteroatoms. The van der Waals surface area contributed by atoms with Gasteiger partial charge in [-0.15, -0.1) is 0 Å². The lowest BCUT2D eigenvalue weighted by atomic mass is 9.87. The van der Waals surface area contributed by atoms with E-state index in [1.165, 1.54) is 13.8 Å². The van der Waals surface area contributed by atoms with Gasteiger partial charge in [0.05, 0.1) is 27.4 Å². The molecule has 57 heavy (non-hydrogen) atoms. The molecule has 7 atom stereocenters. The molecule has 6 N–H and O–H groups in total. The first-order valence-corrected chi connectivity index (χ1v) is 22.4. The maximum absolute atomic E-state index is 12.5. The highest BCUT2D eigenvalue weighted by atomic mass is 79.9. The number of aromatic nitrogens is 4. The van der Waals surface area contributed by atoms with Gasteiger partial charge in [-0.05, 0) is 24.3 Å². The molecule has 1 aliphatic rings. The highest BCUT2D eigenvalue weighted by molar-refractivity contribution is 9.10. The van der Waals surface area contributed by atoms with Crippen LogP contribution < -0.4 is 35.9 Å². The number of nitrogen functional groups attached to an aromatic ring is 1. The Kier molecular flexibility index (Phi) is 16.1. The van der Waals surface area contributed by atoms with Crippen LogP contribution in [0.3, 0.4) is 0 Å². The molecule has 2 aromatic heterocycles. The van der Waals surface area contributed by atoms with Crippen LogP contribution >= 0.6 is 51.2 Å². The van der Waals surface area contributed by atoms with E-state index in [2.05, 4.69) is 59.4 Å². The lowest BCUT2D eigenvalue weighted by Gasteiger charge is -2.36. The van der Waals surface area contributed by atoms with Crippen molar-refractivity contribution in [1.82, 2.24) is 30.2 Å². The van der Waals surface area contributed by atoms with Crippen LogP contribution in [0.2, 0.25) is 0 Å². The van der Waals surface area contributed by atoms with Crippen LogP contribution in [0.5, 0.6) is 0 Å². The molecule has 3 heterocycles. The molecular formula is C28H35BrN7O17P3S-4. The summed E-state index contributed by atoms with van der Waals surface area (Å²) in [4.78, 5) is 96.3. The number of amides is 2. The van der Waals surface area contributed by atoms with Crippen molar-refractivity contribution < 1.29 is 80.5 Å². The number of rotatable bonds is 20. The fourth-order valence-electron chi connectivity index (χ4n) is 4.92. The Hall–Kier alpha value is -2.74. The second kappa shape index (κ2) is 19.5. The van der Waals surface area contributed by atoms with Gasteiger partial charge in [0, 0.05) is 40.7 Å². The summed E-state index contributed by atoms with van der Waals surface area (Å²) in [5, 5.41) is 26.0. The van der Waals surface area contributed by atoms with E-state index in [9.17, 15) is 57.9 Å². The topological polar surface area (TPSA) is 375 Å². The molecule has 0 aliphatic carbocycles. The minimum absolute atomic E-state index is 0.0235. The largest absolute Gasteiger partial charge is 0.790 e. The Morgan fingerprint density at radius 2 is 1.72 bits per heavy atom. The van der Waals surface area contributed by atoms with Crippen LogP contribution in [-0.4, -0.2) is 103 Å². The summed E-state index contributed by atoms with van der Waals surface area (Å²) in [6.07, 6.45) is -7.63. The summed E-state index contributed by atoms with van der Waals surface area (Å²) in [5.41, 5.74) is 4.55. The predicted octanol–water partition coefficient (Wildman–Crippen LogP) is -1.79. The van der Waals surface area contributed by atoms with Gasteiger partial charge in [-0.25, -0.2) is 19.3 Å². The van der Waals surface area contributed by atoms with Crippen molar-refractivity contribution in [3.63, 3.8) is 0 Å². The van der Waals surface area contributed by atoms with E-state index in [0.717, 1.165) is 33.5 Å². The zero-order valence-electron chi connectivity index (χ0n) is 29.6. The minimum atomic E-state index is -5.92. The van der Waals surface area contributed by atoms with Gasteiger partial charge >= 0.3 is 0 Å². The van der Waals surface area contributed by atoms with Gasteiger partial charge in [0.15, 0.2) is 17.7 Å². The van der Waals surface area contributed by atoms with Gasteiger partial charge in [-0.3, -0.25) is 28.1 Å². The first kappa shape index (κ1) is 46.9. The highest BCUT2D eigenvalue weighted by Gasteiger charge is 2.47. The Bertz CT molecular complexity index is 2060. The Morgan fingerprint density at radius 3 is 2.39 bits per heavy atom. The van der Waals surface area contributed by atoms with Gasteiger partial charge < -0.3 is 69.0 Å². The predicted molar refractivity (Wildman–Crippen MR) is 192 cm³/mol. The number of nitrogens with two attached hydrogens (primary N) is 1. The van der Waals surface area contributed by atoms with Crippen LogP contribution in [0.25, 0.3) is 11.2 Å². The van der Waals surface area contributed by atoms with Crippen molar-refractivity contribution in [3.8, 4) is 0 Å². The molecule has 2 amide bonds. The number of aliphatic hydroxyl groups excluding tert-OH is 2. The second-order valence-electron chi connectivity index (χ2n) is 12.6. The molecule has 3 aromatic rings. The molecule has 4 rings (SSSR count). The molecule has 1 saturated heterocycles. The number of fused-ring (bicyclic) bond motifs is 1. The molecule has 1 fully saturated rings. The maximum atomic E-state index is 12.5. The van der Waals surface area contributed by atoms with Crippen LogP contribution in [-0.2, 0) is 45.9 Å². The third-order valence-corrected chi connectivity index (χ3v) is 12.2. The van der Waals surface area contributed by atoms with Crippen LogP contribution in [0.15, 0.2) is 41.4 Å². The first-order valence-electron chi connectivity index (χ1n) is 16.2. The number of carbonyl (C=O) groups is 3. The molecule has 24 nitrogen and oxygen atoms in total. The van der Waals surface area contributed by atoms with E-state index >= 15 is 0 Å². The number of nitrogens with zero attached hydrogens (tertiary/aromatic N) is 4. The van der Waals surface area contributed by atoms with E-state index in [0.29, 0.717) is 5.56 Å². The third-order valence-electron chi connectivity index (χ3n) is 7.79. The van der Waals surface area contributed by atoms with Crippen molar-refractivity contribution in [2.24, 2.45) is 5.41 Å². The van der Waals surface area contributed by atoms with Crippen molar-refractivity contribution in [3.05, 3.63) is 47.0 Å². The van der Waals surface area contributed by atoms with Gasteiger partial charge in [0.25, 0.3) is 15.6 Å². The molecule has 0 spiro atoms. The number of hydrogen-bond donors (Lipinski definition) is 5. The molecule has 2 unspecified atom stereocenters. The molecule has 0 saturated carbocycles. The summed E-state index contributed by atoms with van der Waals surface area (Å²) >= 11 is 4.28. The van der Waals surface area contributed by atoms with Crippen molar-refractivity contribution in [1.29, 1.82) is 0 Å². The van der Waals surface area contributed by atoms with Crippen LogP contribution in [0, 0.1) is 5.41 Å². The summed E-state index contributed by atoms with van der Waals surface area (Å²) in [6.45, 7) is 0.0268. The number of phosphoric acid groups is 3. The zero-order chi connectivity index (χ0) is 42.3. The Morgan fingerprint density at radius 1 is 1.05 bits per heavy atom. The normalized spacial score (nSPS) is 21.4. The van der Waals surface area contributed by atoms with E-state index in [1.807, 2.05) is 0 Å². The molecule has 1 aromatic carbocycles. The number of hydrogen-bond acceptors (Lipinski definition) is 22. The van der Waals surface area contributed by atoms with E-state index in [1.54, 1.807) is 24.3 Å². The lowest BCUT2D eigenvalue weighted by Crippen LogP contribution is -2.46. The zero-order valence-corrected chi connectivity index (χ0v) is 34.7. The number of carbonyl (C=O) groups excluding carboxylic acids is 3. The Balaban J connectivity index is 1.23. The monoisotopic (exact) mass is 945 g/mol. The van der Waals surface area contributed by atoms with Crippen LogP contribution in [0.4, 0.5) is 5.82 Å². The number of aliphatic hydroxyl groups is 2. The van der Waals surface area contributed by atoms with Gasteiger partial charge in [0.2, 0.25) is 16.9 Å². The van der Waals surface area contributed by atoms with Crippen molar-refractivity contribution in [2.45, 2.75) is 50.9 Å². The number of nitrogens with one attached hydrogen (secondary N) is 2. The minimum Gasteiger partial charge on any atom is -0.790 e. The van der Waals surface area contributed by atoms with E-state index in [4.69, 9.17) is 10.5 Å². The van der Waals surface area contributed by atoms with Crippen LogP contribution in [0.1, 0.15) is 36.9 Å². The average molecular weight is 947 g/mol. The van der Waals surface area contributed by atoms with Gasteiger partial charge in [0.1, 0.15) is 36.3 Å². The summed E-state index contributed by atoms with van der Waals surface area (Å²) in [7, 11) is -17.6. The number of anilines is 1. The number of ether oxygens (including phenoxy) is 1. The van der Waals surface area contributed by atoms with Gasteiger partial charge in [-0.1, -0.05) is 41.5 Å². The summed E-state index contributed by atoms with van der Waals surface area (Å²) in [5.74, 6) is -1.30. The molecule has 316 valence electrons. The summed E-state index contributed by atoms with van der Waals surface area (Å²) in [6, 6.07) is 6.75. The number of thioether (sulfide) groups is 1. The SMILES string of the molecule is CC(C)(COP(=O)([O-])OP(=O)([O-])OC[C@H]1O[C@@H](n2cnc3c(N)ncnc32)[C@H](O)[C@@H]1OP(=O)([O-])[O-])[C@@H](O)C(=O)NCCC(=O)NCCSC(=O)c1ccc(Br)cc1. The lowest BCUT2D eigenvalue weighted by molar-refractivity contribution is -0.347. The van der Waals surface area contributed by atoms with E-state index < -0.39 is 84.6 Å². The van der Waals surface area contributed by atoms with Crippen molar-refractivity contribution in [2.75, 3.05) is 37.8 Å². The molecular weight excluding hydrogens is 911 g/mol. The third kappa shape index (κ3) is 13.6. The molecule has 0 bridgehead atoms. The fourth-order valence-corrected chi connectivity index (χ4v) is 8.61. The fraction of sp³-hybridized carbons (Fsp3) is 0.500. The quantitative estimate of drug-likeness (QED) is 0.0617. The standard InChI is InChI=1S/C28H39BrN7O17P3S/c1-28(2,22(39)25(40)32-8-7-18(37)31-9-10-57-27(41)15-3-5-16(29)6-4-15)12-50-56(47,48)53-55(45,46)49-11-17-21(52-54(42,43)44)20(38)26(51-17)36-14-35-19-23(30)33-13-34-24(19)36/h3-6,13-14,17,20-22,26,38-39H,7-12H2,1-2H3,(H,31,37)(H,32,40)(H,45,46)(H,47,48)(H2,30,33,34)(H2,42,43,44)/p-4/t17-,20-,21-,22+,26-/m1/s1. The molecule has 1 aliphatic heterocycles. The van der Waals surface area contributed by atoms with Gasteiger partial charge in [-0.2, -0.15) is 0 Å². The maximum Gasteiger partial charge on any atom is 0.274 e. The second-order valence-corrected chi connectivity index (χ2v) is 18.7. The highest BCUT2D eigenvalue weighted by Crippen LogP contribution is 2.56. The smallest absolute Gasteiger partial charge is 0.274 e. The Labute approximate surface area is 335 Å². The number of phosphoric ester groups is 3. The number of halogens is 1. The summed E-state index contributed by atoms with van der Waals surface area (Å²) < 4.78 is 61.3. The number of benzene rings is 1. The molecule has 0 radical (unpaired) electrons.